The van der Waals surface area contributed by atoms with Crippen LogP contribution in [0.5, 0.6) is 0 Å². The maximum absolute atomic E-state index is 12.1. The lowest BCUT2D eigenvalue weighted by molar-refractivity contribution is -0.123. The summed E-state index contributed by atoms with van der Waals surface area (Å²) in [4.78, 5) is 12.3. The Bertz CT molecular complexity index is 571. The highest BCUT2D eigenvalue weighted by Crippen LogP contribution is 2.09. The molecule has 0 aliphatic carbocycles. The van der Waals surface area contributed by atoms with E-state index in [1.54, 1.807) is 0 Å². The molecule has 1 aromatic heterocycles. The summed E-state index contributed by atoms with van der Waals surface area (Å²) in [6, 6.07) is 9.58. The van der Waals surface area contributed by atoms with Crippen LogP contribution < -0.4 is 11.1 Å². The highest BCUT2D eigenvalue weighted by molar-refractivity contribution is 7.80. The minimum absolute atomic E-state index is 0.166. The monoisotopic (exact) mass is 290 g/mol. The van der Waals surface area contributed by atoms with E-state index in [-0.39, 0.29) is 17.4 Å². The van der Waals surface area contributed by atoms with Crippen LogP contribution >= 0.6 is 12.2 Å². The molecule has 2 aromatic rings. The topological polar surface area (TPSA) is 110 Å². The molecule has 0 spiro atoms. The number of aromatic nitrogens is 4. The normalized spacial score (nSPS) is 11.8. The number of carbonyl (C=O) groups is 1. The van der Waals surface area contributed by atoms with E-state index in [1.165, 1.54) is 0 Å². The number of nitrogens with two attached hydrogens (primary N) is 1. The Kier molecular flexibility index (Phi) is 4.72. The van der Waals surface area contributed by atoms with Crippen molar-refractivity contribution < 1.29 is 4.79 Å². The van der Waals surface area contributed by atoms with Crippen molar-refractivity contribution in [3.05, 3.63) is 41.7 Å². The van der Waals surface area contributed by atoms with E-state index in [1.807, 2.05) is 30.3 Å². The zero-order valence-electron chi connectivity index (χ0n) is 10.6. The molecule has 0 radical (unpaired) electrons. The van der Waals surface area contributed by atoms with Gasteiger partial charge < -0.3 is 11.1 Å². The highest BCUT2D eigenvalue weighted by atomic mass is 32.1. The average molecular weight is 290 g/mol. The smallest absolute Gasteiger partial charge is 0.230 e. The van der Waals surface area contributed by atoms with Crippen molar-refractivity contribution >= 4 is 23.1 Å². The zero-order chi connectivity index (χ0) is 14.4. The number of benzene rings is 1. The summed E-state index contributed by atoms with van der Waals surface area (Å²) in [5.41, 5.74) is 6.66. The van der Waals surface area contributed by atoms with Crippen molar-refractivity contribution in [3.8, 4) is 0 Å². The molecule has 1 atom stereocenters. The molecular formula is C12H14N6OS. The standard InChI is InChI=1S/C12H14N6OS/c13-11(20)9(6-8-4-2-1-3-5-8)12(19)14-7-10-15-17-18-16-10/h1-5,9H,6-7H2,(H2,13,20)(H,14,19)(H,15,16,17,18). The molecule has 0 aliphatic rings. The Morgan fingerprint density at radius 1 is 1.40 bits per heavy atom. The van der Waals surface area contributed by atoms with Gasteiger partial charge >= 0.3 is 0 Å². The van der Waals surface area contributed by atoms with Gasteiger partial charge in [0.1, 0.15) is 0 Å². The molecule has 2 rings (SSSR count). The molecule has 0 saturated heterocycles. The molecular weight excluding hydrogens is 276 g/mol. The molecule has 1 aromatic carbocycles. The van der Waals surface area contributed by atoms with Gasteiger partial charge in [-0.15, -0.1) is 10.2 Å². The van der Waals surface area contributed by atoms with Gasteiger partial charge in [0.15, 0.2) is 5.82 Å². The van der Waals surface area contributed by atoms with Crippen LogP contribution in [-0.4, -0.2) is 31.5 Å². The predicted octanol–water partition coefficient (Wildman–Crippen LogP) is -0.0391. The Labute approximate surface area is 120 Å². The first-order chi connectivity index (χ1) is 9.66. The van der Waals surface area contributed by atoms with Gasteiger partial charge in [-0.3, -0.25) is 4.79 Å². The first kappa shape index (κ1) is 14.1. The van der Waals surface area contributed by atoms with Gasteiger partial charge in [-0.1, -0.05) is 47.8 Å². The van der Waals surface area contributed by atoms with Gasteiger partial charge in [0.2, 0.25) is 5.91 Å². The van der Waals surface area contributed by atoms with E-state index in [9.17, 15) is 4.79 Å². The minimum Gasteiger partial charge on any atom is -0.393 e. The van der Waals surface area contributed by atoms with Crippen LogP contribution in [0.25, 0.3) is 0 Å². The van der Waals surface area contributed by atoms with Gasteiger partial charge in [0.25, 0.3) is 0 Å². The summed E-state index contributed by atoms with van der Waals surface area (Å²) >= 11 is 4.97. The Balaban J connectivity index is 1.97. The maximum Gasteiger partial charge on any atom is 0.230 e. The van der Waals surface area contributed by atoms with Crippen LogP contribution in [0, 0.1) is 5.92 Å². The number of H-pyrrole nitrogens is 1. The van der Waals surface area contributed by atoms with Crippen LogP contribution in [0.4, 0.5) is 0 Å². The van der Waals surface area contributed by atoms with Crippen molar-refractivity contribution in [3.63, 3.8) is 0 Å². The fourth-order valence-corrected chi connectivity index (χ4v) is 1.91. The number of carbonyl (C=O) groups excluding carboxylic acids is 1. The number of nitrogens with one attached hydrogen (secondary N) is 2. The molecule has 0 saturated carbocycles. The molecule has 1 unspecified atom stereocenters. The summed E-state index contributed by atoms with van der Waals surface area (Å²) in [5, 5.41) is 15.9. The van der Waals surface area contributed by atoms with Gasteiger partial charge in [0.05, 0.1) is 17.5 Å². The summed E-state index contributed by atoms with van der Waals surface area (Å²) in [6.07, 6.45) is 0.467. The predicted molar refractivity (Wildman–Crippen MR) is 76.4 cm³/mol. The number of thiocarbonyl (C=S) groups is 1. The molecule has 20 heavy (non-hydrogen) atoms. The summed E-state index contributed by atoms with van der Waals surface area (Å²) in [7, 11) is 0. The third kappa shape index (κ3) is 3.82. The summed E-state index contributed by atoms with van der Waals surface area (Å²) < 4.78 is 0. The third-order valence-electron chi connectivity index (χ3n) is 2.75. The molecule has 4 N–H and O–H groups in total. The van der Waals surface area contributed by atoms with Crippen molar-refractivity contribution in [1.29, 1.82) is 0 Å². The highest BCUT2D eigenvalue weighted by Gasteiger charge is 2.21. The average Bonchev–Trinajstić information content (AvgIpc) is 2.96. The second-order valence-electron chi connectivity index (χ2n) is 4.19. The van der Waals surface area contributed by atoms with Crippen LogP contribution in [0.1, 0.15) is 11.4 Å². The number of aromatic amines is 1. The second-order valence-corrected chi connectivity index (χ2v) is 4.66. The fourth-order valence-electron chi connectivity index (χ4n) is 1.72. The van der Waals surface area contributed by atoms with E-state index in [2.05, 4.69) is 25.9 Å². The third-order valence-corrected chi connectivity index (χ3v) is 3.04. The Hall–Kier alpha value is -2.35. The van der Waals surface area contributed by atoms with Crippen molar-refractivity contribution in [2.75, 3.05) is 0 Å². The molecule has 0 aliphatic heterocycles. The molecule has 0 fully saturated rings. The van der Waals surface area contributed by atoms with E-state index < -0.39 is 5.92 Å². The summed E-state index contributed by atoms with van der Waals surface area (Å²) in [6.45, 7) is 0.184. The van der Waals surface area contributed by atoms with Crippen LogP contribution in [-0.2, 0) is 17.8 Å². The van der Waals surface area contributed by atoms with Crippen molar-refractivity contribution in [1.82, 2.24) is 25.9 Å². The van der Waals surface area contributed by atoms with Crippen LogP contribution in [0.2, 0.25) is 0 Å². The molecule has 1 heterocycles. The lowest BCUT2D eigenvalue weighted by Crippen LogP contribution is -2.39. The number of tetrazole rings is 1. The number of amides is 1. The van der Waals surface area contributed by atoms with Gasteiger partial charge in [-0.25, -0.2) is 0 Å². The SMILES string of the molecule is NC(=S)C(Cc1ccccc1)C(=O)NCc1nn[nH]n1. The first-order valence-electron chi connectivity index (χ1n) is 6.00. The number of nitrogens with zero attached hydrogens (tertiary/aromatic N) is 3. The van der Waals surface area contributed by atoms with Crippen molar-refractivity contribution in [2.24, 2.45) is 11.7 Å². The van der Waals surface area contributed by atoms with Crippen LogP contribution in [0.15, 0.2) is 30.3 Å². The molecule has 0 bridgehead atoms. The van der Waals surface area contributed by atoms with Gasteiger partial charge in [0, 0.05) is 0 Å². The van der Waals surface area contributed by atoms with E-state index in [0.717, 1.165) is 5.56 Å². The Morgan fingerprint density at radius 3 is 2.75 bits per heavy atom. The molecule has 7 nitrogen and oxygen atoms in total. The fraction of sp³-hybridized carbons (Fsp3) is 0.250. The van der Waals surface area contributed by atoms with Gasteiger partial charge in [-0.2, -0.15) is 5.21 Å². The second kappa shape index (κ2) is 6.71. The number of hydrogen-bond donors (Lipinski definition) is 3. The molecule has 104 valence electrons. The quantitative estimate of drug-likeness (QED) is 0.644. The van der Waals surface area contributed by atoms with E-state index in [0.29, 0.717) is 12.2 Å². The lowest BCUT2D eigenvalue weighted by Gasteiger charge is -2.14. The zero-order valence-corrected chi connectivity index (χ0v) is 11.4. The summed E-state index contributed by atoms with van der Waals surface area (Å²) in [5.74, 6) is -0.398. The molecule has 1 amide bonds. The van der Waals surface area contributed by atoms with Crippen molar-refractivity contribution in [2.45, 2.75) is 13.0 Å². The minimum atomic E-state index is -0.556. The lowest BCUT2D eigenvalue weighted by atomic mass is 9.98. The van der Waals surface area contributed by atoms with Crippen LogP contribution in [0.3, 0.4) is 0 Å². The van der Waals surface area contributed by atoms with E-state index in [4.69, 9.17) is 18.0 Å². The molecule has 8 heteroatoms. The first-order valence-corrected chi connectivity index (χ1v) is 6.41. The Morgan fingerprint density at radius 2 is 2.15 bits per heavy atom. The number of hydrogen-bond acceptors (Lipinski definition) is 5. The largest absolute Gasteiger partial charge is 0.393 e. The number of rotatable bonds is 6. The maximum atomic E-state index is 12.1. The van der Waals surface area contributed by atoms with Gasteiger partial charge in [-0.05, 0) is 12.0 Å². The van der Waals surface area contributed by atoms with E-state index >= 15 is 0 Å².